The van der Waals surface area contributed by atoms with Crippen LogP contribution < -0.4 is 4.72 Å². The van der Waals surface area contributed by atoms with E-state index in [2.05, 4.69) is 4.72 Å². The van der Waals surface area contributed by atoms with Crippen molar-refractivity contribution in [2.45, 2.75) is 11.8 Å². The Morgan fingerprint density at radius 3 is 2.33 bits per heavy atom. The summed E-state index contributed by atoms with van der Waals surface area (Å²) in [6.45, 7) is 1.85. The topological polar surface area (TPSA) is 83.5 Å². The van der Waals surface area contributed by atoms with E-state index in [4.69, 9.17) is 5.11 Å². The van der Waals surface area contributed by atoms with Crippen molar-refractivity contribution >= 4 is 44.3 Å². The van der Waals surface area contributed by atoms with Crippen LogP contribution in [0.25, 0.3) is 0 Å². The van der Waals surface area contributed by atoms with Crippen LogP contribution in [-0.2, 0) is 10.0 Å². The molecule has 0 fully saturated rings. The molecule has 0 aliphatic carbocycles. The standard InChI is InChI=1S/C14H12INO4S/c1-9-2-5-11(6-3-9)21(19,20)16-13-7-4-10(15)8-12(13)14(17)18/h2-8,16H,1H3,(H,17,18). The number of hydrogen-bond donors (Lipinski definition) is 2. The summed E-state index contributed by atoms with van der Waals surface area (Å²) < 4.78 is 27.6. The summed E-state index contributed by atoms with van der Waals surface area (Å²) in [5.74, 6) is -1.19. The minimum absolute atomic E-state index is 0.0449. The summed E-state index contributed by atoms with van der Waals surface area (Å²) in [7, 11) is -3.81. The molecule has 7 heteroatoms. The number of carboxylic acid groups (broad SMARTS) is 1. The number of carboxylic acids is 1. The minimum Gasteiger partial charge on any atom is -0.478 e. The summed E-state index contributed by atoms with van der Waals surface area (Å²) in [5, 5.41) is 9.16. The number of aromatic carboxylic acids is 1. The molecule has 2 rings (SSSR count). The van der Waals surface area contributed by atoms with Crippen LogP contribution in [0.5, 0.6) is 0 Å². The van der Waals surface area contributed by atoms with E-state index in [1.165, 1.54) is 24.3 Å². The number of carbonyl (C=O) groups is 1. The number of anilines is 1. The molecule has 0 aliphatic heterocycles. The van der Waals surface area contributed by atoms with Crippen LogP contribution in [0.2, 0.25) is 0 Å². The fourth-order valence-electron chi connectivity index (χ4n) is 1.70. The van der Waals surface area contributed by atoms with E-state index in [0.717, 1.165) is 5.56 Å². The lowest BCUT2D eigenvalue weighted by Gasteiger charge is -2.11. The quantitative estimate of drug-likeness (QED) is 0.750. The number of benzene rings is 2. The van der Waals surface area contributed by atoms with Gasteiger partial charge in [-0.1, -0.05) is 17.7 Å². The van der Waals surface area contributed by atoms with Crippen molar-refractivity contribution in [2.24, 2.45) is 0 Å². The van der Waals surface area contributed by atoms with Crippen LogP contribution in [0.1, 0.15) is 15.9 Å². The van der Waals surface area contributed by atoms with Gasteiger partial charge in [0.15, 0.2) is 0 Å². The third-order valence-electron chi connectivity index (χ3n) is 2.79. The molecule has 110 valence electrons. The van der Waals surface area contributed by atoms with Gasteiger partial charge >= 0.3 is 5.97 Å². The first kappa shape index (κ1) is 15.8. The predicted octanol–water partition coefficient (Wildman–Crippen LogP) is 3.10. The highest BCUT2D eigenvalue weighted by atomic mass is 127. The Kier molecular flexibility index (Phi) is 4.52. The monoisotopic (exact) mass is 417 g/mol. The van der Waals surface area contributed by atoms with Crippen molar-refractivity contribution in [1.29, 1.82) is 0 Å². The molecule has 2 aromatic carbocycles. The van der Waals surface area contributed by atoms with Crippen LogP contribution in [0.15, 0.2) is 47.4 Å². The molecular weight excluding hydrogens is 405 g/mol. The second kappa shape index (κ2) is 6.02. The van der Waals surface area contributed by atoms with E-state index in [-0.39, 0.29) is 16.1 Å². The van der Waals surface area contributed by atoms with Gasteiger partial charge in [0.1, 0.15) is 0 Å². The Labute approximate surface area is 136 Å². The Morgan fingerprint density at radius 1 is 1.14 bits per heavy atom. The number of halogens is 1. The SMILES string of the molecule is Cc1ccc(S(=O)(=O)Nc2ccc(I)cc2C(=O)O)cc1. The molecule has 0 aromatic heterocycles. The number of sulfonamides is 1. The smallest absolute Gasteiger partial charge is 0.337 e. The van der Waals surface area contributed by atoms with Crippen molar-refractivity contribution in [2.75, 3.05) is 4.72 Å². The third kappa shape index (κ3) is 3.73. The van der Waals surface area contributed by atoms with Gasteiger partial charge in [0.2, 0.25) is 0 Å². The van der Waals surface area contributed by atoms with E-state index in [1.54, 1.807) is 18.2 Å². The average molecular weight is 417 g/mol. The van der Waals surface area contributed by atoms with Crippen molar-refractivity contribution in [3.63, 3.8) is 0 Å². The van der Waals surface area contributed by atoms with E-state index < -0.39 is 16.0 Å². The van der Waals surface area contributed by atoms with Crippen molar-refractivity contribution < 1.29 is 18.3 Å². The number of rotatable bonds is 4. The molecule has 0 spiro atoms. The lowest BCUT2D eigenvalue weighted by molar-refractivity contribution is 0.0698. The van der Waals surface area contributed by atoms with Gasteiger partial charge in [0.05, 0.1) is 16.1 Å². The number of hydrogen-bond acceptors (Lipinski definition) is 3. The molecule has 2 aromatic rings. The summed E-state index contributed by atoms with van der Waals surface area (Å²) in [6.07, 6.45) is 0. The molecule has 0 unspecified atom stereocenters. The van der Waals surface area contributed by atoms with Crippen LogP contribution in [0, 0.1) is 10.5 Å². The maximum absolute atomic E-state index is 12.3. The zero-order chi connectivity index (χ0) is 15.6. The molecule has 0 bridgehead atoms. The van der Waals surface area contributed by atoms with Gasteiger partial charge in [-0.15, -0.1) is 0 Å². The van der Waals surface area contributed by atoms with Crippen molar-refractivity contribution in [3.05, 3.63) is 57.2 Å². The molecule has 0 saturated carbocycles. The van der Waals surface area contributed by atoms with Gasteiger partial charge < -0.3 is 5.11 Å². The zero-order valence-corrected chi connectivity index (χ0v) is 14.0. The fraction of sp³-hybridized carbons (Fsp3) is 0.0714. The van der Waals surface area contributed by atoms with Gasteiger partial charge in [0, 0.05) is 3.57 Å². The molecule has 2 N–H and O–H groups in total. The van der Waals surface area contributed by atoms with Crippen LogP contribution in [0.4, 0.5) is 5.69 Å². The third-order valence-corrected chi connectivity index (χ3v) is 4.84. The predicted molar refractivity (Wildman–Crippen MR) is 88.1 cm³/mol. The minimum atomic E-state index is -3.81. The molecule has 0 heterocycles. The molecule has 21 heavy (non-hydrogen) atoms. The fourth-order valence-corrected chi connectivity index (χ4v) is 3.27. The first-order valence-electron chi connectivity index (χ1n) is 5.92. The molecular formula is C14H12INO4S. The molecule has 0 radical (unpaired) electrons. The van der Waals surface area contributed by atoms with Crippen LogP contribution in [-0.4, -0.2) is 19.5 Å². The Bertz CT molecular complexity index is 785. The highest BCUT2D eigenvalue weighted by Crippen LogP contribution is 2.22. The second-order valence-corrected chi connectivity index (χ2v) is 7.34. The lowest BCUT2D eigenvalue weighted by atomic mass is 10.2. The van der Waals surface area contributed by atoms with E-state index in [9.17, 15) is 13.2 Å². The lowest BCUT2D eigenvalue weighted by Crippen LogP contribution is -2.15. The Morgan fingerprint density at radius 2 is 1.76 bits per heavy atom. The molecule has 0 saturated heterocycles. The van der Waals surface area contributed by atoms with Gasteiger partial charge in [-0.2, -0.15) is 0 Å². The van der Waals surface area contributed by atoms with Gasteiger partial charge in [-0.3, -0.25) is 4.72 Å². The highest BCUT2D eigenvalue weighted by Gasteiger charge is 2.18. The van der Waals surface area contributed by atoms with Crippen molar-refractivity contribution in [1.82, 2.24) is 0 Å². The van der Waals surface area contributed by atoms with E-state index >= 15 is 0 Å². The maximum atomic E-state index is 12.3. The first-order valence-corrected chi connectivity index (χ1v) is 8.48. The maximum Gasteiger partial charge on any atom is 0.337 e. The summed E-state index contributed by atoms with van der Waals surface area (Å²) in [5.41, 5.74) is 0.899. The number of nitrogens with one attached hydrogen (secondary N) is 1. The normalized spacial score (nSPS) is 11.1. The van der Waals surface area contributed by atoms with Crippen molar-refractivity contribution in [3.8, 4) is 0 Å². The molecule has 0 aliphatic rings. The van der Waals surface area contributed by atoms with E-state index in [1.807, 2.05) is 29.5 Å². The largest absolute Gasteiger partial charge is 0.478 e. The van der Waals surface area contributed by atoms with E-state index in [0.29, 0.717) is 3.57 Å². The van der Waals surface area contributed by atoms with Gasteiger partial charge in [0.25, 0.3) is 10.0 Å². The van der Waals surface area contributed by atoms with Gasteiger partial charge in [-0.25, -0.2) is 13.2 Å². The van der Waals surface area contributed by atoms with Crippen LogP contribution >= 0.6 is 22.6 Å². The number of aryl methyl sites for hydroxylation is 1. The summed E-state index contributed by atoms with van der Waals surface area (Å²) in [4.78, 5) is 11.3. The molecule has 0 atom stereocenters. The molecule has 5 nitrogen and oxygen atoms in total. The Hall–Kier alpha value is -1.61. The first-order chi connectivity index (χ1) is 9.79. The summed E-state index contributed by atoms with van der Waals surface area (Å²) >= 11 is 1.97. The highest BCUT2D eigenvalue weighted by molar-refractivity contribution is 14.1. The zero-order valence-electron chi connectivity index (χ0n) is 11.0. The molecule has 0 amide bonds. The summed E-state index contributed by atoms with van der Waals surface area (Å²) in [6, 6.07) is 10.8. The van der Waals surface area contributed by atoms with Crippen LogP contribution in [0.3, 0.4) is 0 Å². The van der Waals surface area contributed by atoms with Gasteiger partial charge in [-0.05, 0) is 59.8 Å². The Balaban J connectivity index is 2.41. The second-order valence-electron chi connectivity index (χ2n) is 4.41. The average Bonchev–Trinajstić information content (AvgIpc) is 2.41.